The van der Waals surface area contributed by atoms with Gasteiger partial charge in [-0.15, -0.1) is 0 Å². The molecular weight excluding hydrogens is 348 g/mol. The van der Waals surface area contributed by atoms with Gasteiger partial charge in [-0.3, -0.25) is 4.79 Å². The van der Waals surface area contributed by atoms with Crippen molar-refractivity contribution in [3.05, 3.63) is 82.4 Å². The first-order chi connectivity index (χ1) is 12.6. The molecule has 2 N–H and O–H groups in total. The van der Waals surface area contributed by atoms with Crippen molar-refractivity contribution in [3.8, 4) is 11.8 Å². The van der Waals surface area contributed by atoms with Gasteiger partial charge in [0.2, 0.25) is 0 Å². The molecule has 0 saturated carbocycles. The maximum Gasteiger partial charge on any atom is 0.259 e. The third-order valence-corrected chi connectivity index (χ3v) is 4.16. The van der Waals surface area contributed by atoms with Crippen LogP contribution in [0.25, 0.3) is 16.8 Å². The zero-order chi connectivity index (χ0) is 18.5. The standard InChI is InChI=1S/C21H15ClN2O2/c22-18-8-9-20(16(11-18)10-17(12-23)21(24)25)26-13-15-6-3-5-14-4-1-2-7-19(14)15/h1-11H,13H2,(H2,24,25)/b17-10+. The minimum atomic E-state index is -0.799. The summed E-state index contributed by atoms with van der Waals surface area (Å²) in [5, 5.41) is 11.8. The molecule has 0 unspecified atom stereocenters. The molecule has 1 amide bonds. The minimum absolute atomic E-state index is 0.165. The van der Waals surface area contributed by atoms with Crippen molar-refractivity contribution in [1.82, 2.24) is 0 Å². The molecule has 0 heterocycles. The highest BCUT2D eigenvalue weighted by Gasteiger charge is 2.09. The molecule has 0 fully saturated rings. The number of rotatable bonds is 5. The summed E-state index contributed by atoms with van der Waals surface area (Å²) in [5.74, 6) is -0.288. The lowest BCUT2D eigenvalue weighted by Gasteiger charge is -2.12. The van der Waals surface area contributed by atoms with Crippen molar-refractivity contribution in [1.29, 1.82) is 5.26 Å². The van der Waals surface area contributed by atoms with E-state index in [4.69, 9.17) is 27.3 Å². The van der Waals surface area contributed by atoms with Crippen LogP contribution in [0.4, 0.5) is 0 Å². The van der Waals surface area contributed by atoms with Crippen LogP contribution in [0, 0.1) is 11.3 Å². The molecule has 0 aliphatic heterocycles. The Labute approximate surface area is 156 Å². The van der Waals surface area contributed by atoms with Crippen molar-refractivity contribution in [2.75, 3.05) is 0 Å². The van der Waals surface area contributed by atoms with Gasteiger partial charge in [0.05, 0.1) is 0 Å². The Kier molecular flexibility index (Phi) is 5.21. The second-order valence-electron chi connectivity index (χ2n) is 5.64. The zero-order valence-electron chi connectivity index (χ0n) is 13.8. The average molecular weight is 363 g/mol. The van der Waals surface area contributed by atoms with E-state index in [2.05, 4.69) is 0 Å². The predicted molar refractivity (Wildman–Crippen MR) is 103 cm³/mol. The van der Waals surface area contributed by atoms with E-state index >= 15 is 0 Å². The van der Waals surface area contributed by atoms with Crippen molar-refractivity contribution in [2.45, 2.75) is 6.61 Å². The molecule has 4 nitrogen and oxygen atoms in total. The van der Waals surface area contributed by atoms with E-state index in [1.165, 1.54) is 6.08 Å². The van der Waals surface area contributed by atoms with Gasteiger partial charge >= 0.3 is 0 Å². The highest BCUT2D eigenvalue weighted by atomic mass is 35.5. The number of carbonyl (C=O) groups is 1. The molecule has 0 aliphatic rings. The van der Waals surface area contributed by atoms with Crippen molar-refractivity contribution in [2.24, 2.45) is 5.73 Å². The van der Waals surface area contributed by atoms with Crippen LogP contribution in [0.2, 0.25) is 5.02 Å². The number of halogens is 1. The number of ether oxygens (including phenoxy) is 1. The van der Waals surface area contributed by atoms with Crippen molar-refractivity contribution < 1.29 is 9.53 Å². The number of benzene rings is 3. The summed E-state index contributed by atoms with van der Waals surface area (Å²) < 4.78 is 5.95. The fourth-order valence-electron chi connectivity index (χ4n) is 2.65. The normalized spacial score (nSPS) is 11.2. The number of amides is 1. The molecule has 3 aromatic carbocycles. The Morgan fingerprint density at radius 1 is 1.15 bits per heavy atom. The van der Waals surface area contributed by atoms with E-state index in [-0.39, 0.29) is 5.57 Å². The van der Waals surface area contributed by atoms with Crippen LogP contribution in [0.1, 0.15) is 11.1 Å². The summed E-state index contributed by atoms with van der Waals surface area (Å²) in [6.45, 7) is 0.336. The molecular formula is C21H15ClN2O2. The second-order valence-corrected chi connectivity index (χ2v) is 6.08. The van der Waals surface area contributed by atoms with Gasteiger partial charge < -0.3 is 10.5 Å². The number of hydrogen-bond donors (Lipinski definition) is 1. The average Bonchev–Trinajstić information content (AvgIpc) is 2.65. The first-order valence-corrected chi connectivity index (χ1v) is 8.27. The summed E-state index contributed by atoms with van der Waals surface area (Å²) in [6.07, 6.45) is 1.38. The molecule has 0 atom stereocenters. The smallest absolute Gasteiger partial charge is 0.259 e. The molecule has 0 radical (unpaired) electrons. The lowest BCUT2D eigenvalue weighted by atomic mass is 10.1. The Hall–Kier alpha value is -3.29. The van der Waals surface area contributed by atoms with Gasteiger partial charge in [0.1, 0.15) is 24.0 Å². The molecule has 0 spiro atoms. The van der Waals surface area contributed by atoms with E-state index in [1.54, 1.807) is 24.3 Å². The Balaban J connectivity index is 1.93. The summed E-state index contributed by atoms with van der Waals surface area (Å²) in [5.41, 5.74) is 6.59. The van der Waals surface area contributed by atoms with Gasteiger partial charge in [-0.05, 0) is 40.6 Å². The van der Waals surface area contributed by atoms with Crippen LogP contribution in [0.5, 0.6) is 5.75 Å². The number of nitrogens with zero attached hydrogens (tertiary/aromatic N) is 1. The number of primary amides is 1. The molecule has 3 rings (SSSR count). The third kappa shape index (κ3) is 3.85. The topological polar surface area (TPSA) is 76.1 Å². The van der Waals surface area contributed by atoms with E-state index in [9.17, 15) is 4.79 Å². The fourth-order valence-corrected chi connectivity index (χ4v) is 2.83. The van der Waals surface area contributed by atoms with Gasteiger partial charge in [0.15, 0.2) is 0 Å². The van der Waals surface area contributed by atoms with Crippen LogP contribution >= 0.6 is 11.6 Å². The van der Waals surface area contributed by atoms with Gasteiger partial charge in [-0.2, -0.15) is 5.26 Å². The second kappa shape index (κ2) is 7.73. The Morgan fingerprint density at radius 3 is 2.69 bits per heavy atom. The van der Waals surface area contributed by atoms with Crippen LogP contribution in [-0.4, -0.2) is 5.91 Å². The molecule has 0 saturated heterocycles. The summed E-state index contributed by atoms with van der Waals surface area (Å²) in [7, 11) is 0. The van der Waals surface area contributed by atoms with Gasteiger partial charge in [0.25, 0.3) is 5.91 Å². The number of nitriles is 1. The van der Waals surface area contributed by atoms with E-state index in [0.29, 0.717) is 22.9 Å². The van der Waals surface area contributed by atoms with Crippen LogP contribution in [-0.2, 0) is 11.4 Å². The Bertz CT molecular complexity index is 1050. The molecule has 3 aromatic rings. The van der Waals surface area contributed by atoms with Crippen LogP contribution in [0.15, 0.2) is 66.2 Å². The lowest BCUT2D eigenvalue weighted by Crippen LogP contribution is -2.12. The van der Waals surface area contributed by atoms with Crippen LogP contribution < -0.4 is 10.5 Å². The van der Waals surface area contributed by atoms with Crippen molar-refractivity contribution in [3.63, 3.8) is 0 Å². The number of nitrogens with two attached hydrogens (primary N) is 1. The third-order valence-electron chi connectivity index (χ3n) is 3.92. The number of hydrogen-bond acceptors (Lipinski definition) is 3. The largest absolute Gasteiger partial charge is 0.488 e. The minimum Gasteiger partial charge on any atom is -0.488 e. The van der Waals surface area contributed by atoms with Crippen molar-refractivity contribution >= 4 is 34.4 Å². The lowest BCUT2D eigenvalue weighted by molar-refractivity contribution is -0.114. The summed E-state index contributed by atoms with van der Waals surface area (Å²) in [6, 6.07) is 20.9. The van der Waals surface area contributed by atoms with Gasteiger partial charge in [0, 0.05) is 10.6 Å². The Morgan fingerprint density at radius 2 is 1.92 bits per heavy atom. The fraction of sp³-hybridized carbons (Fsp3) is 0.0476. The summed E-state index contributed by atoms with van der Waals surface area (Å²) in [4.78, 5) is 11.3. The van der Waals surface area contributed by atoms with E-state index in [1.807, 2.05) is 42.5 Å². The molecule has 0 aliphatic carbocycles. The molecule has 0 bridgehead atoms. The molecule has 5 heteroatoms. The maximum atomic E-state index is 11.3. The van der Waals surface area contributed by atoms with Crippen LogP contribution in [0.3, 0.4) is 0 Å². The van der Waals surface area contributed by atoms with E-state index in [0.717, 1.165) is 16.3 Å². The molecule has 26 heavy (non-hydrogen) atoms. The molecule has 128 valence electrons. The van der Waals surface area contributed by atoms with Gasteiger partial charge in [-0.25, -0.2) is 0 Å². The first kappa shape index (κ1) is 17.5. The number of fused-ring (bicyclic) bond motifs is 1. The highest BCUT2D eigenvalue weighted by molar-refractivity contribution is 6.30. The van der Waals surface area contributed by atoms with E-state index < -0.39 is 5.91 Å². The molecule has 0 aromatic heterocycles. The quantitative estimate of drug-likeness (QED) is 0.537. The maximum absolute atomic E-state index is 11.3. The summed E-state index contributed by atoms with van der Waals surface area (Å²) >= 11 is 6.03. The monoisotopic (exact) mass is 362 g/mol. The predicted octanol–water partition coefficient (Wildman–Crippen LogP) is 4.46. The highest BCUT2D eigenvalue weighted by Crippen LogP contribution is 2.27. The first-order valence-electron chi connectivity index (χ1n) is 7.89. The SMILES string of the molecule is N#C/C(=C\c1cc(Cl)ccc1OCc1cccc2ccccc12)C(N)=O. The number of carbonyl (C=O) groups excluding carboxylic acids is 1. The van der Waals surface area contributed by atoms with Gasteiger partial charge in [-0.1, -0.05) is 54.1 Å². The zero-order valence-corrected chi connectivity index (χ0v) is 14.5.